The van der Waals surface area contributed by atoms with E-state index in [0.717, 1.165) is 5.56 Å². The molecule has 5 nitrogen and oxygen atoms in total. The van der Waals surface area contributed by atoms with Crippen molar-refractivity contribution in [3.8, 4) is 5.75 Å². The van der Waals surface area contributed by atoms with E-state index in [2.05, 4.69) is 5.10 Å². The van der Waals surface area contributed by atoms with Crippen LogP contribution in [0.1, 0.15) is 5.56 Å². The Balaban J connectivity index is 1.61. The zero-order chi connectivity index (χ0) is 13.3. The van der Waals surface area contributed by atoms with Crippen LogP contribution in [-0.4, -0.2) is 34.7 Å². The monoisotopic (exact) mass is 262 g/mol. The average Bonchev–Trinajstić information content (AvgIpc) is 2.88. The molecule has 0 amide bonds. The number of ether oxygens (including phenoxy) is 2. The molecule has 2 aromatic rings. The van der Waals surface area contributed by atoms with Crippen molar-refractivity contribution in [1.82, 2.24) is 9.78 Å². The van der Waals surface area contributed by atoms with Crippen LogP contribution in [0.5, 0.6) is 5.75 Å². The van der Waals surface area contributed by atoms with Crippen LogP contribution in [0.25, 0.3) is 0 Å². The highest BCUT2D eigenvalue weighted by Gasteiger charge is 1.99. The Kier molecular flexibility index (Phi) is 5.40. The molecule has 0 radical (unpaired) electrons. The summed E-state index contributed by atoms with van der Waals surface area (Å²) in [6.45, 7) is 2.15. The molecule has 102 valence electrons. The fourth-order valence-corrected chi connectivity index (χ4v) is 1.63. The van der Waals surface area contributed by atoms with Crippen LogP contribution in [0.2, 0.25) is 0 Å². The Labute approximate surface area is 112 Å². The summed E-state index contributed by atoms with van der Waals surface area (Å²) < 4.78 is 12.6. The topological polar surface area (TPSA) is 56.5 Å². The maximum absolute atomic E-state index is 8.76. The van der Waals surface area contributed by atoms with Gasteiger partial charge in [0.1, 0.15) is 6.61 Å². The lowest BCUT2D eigenvalue weighted by molar-refractivity contribution is 0.0889. The molecular weight excluding hydrogens is 244 g/mol. The van der Waals surface area contributed by atoms with Gasteiger partial charge in [0.2, 0.25) is 0 Å². The third-order valence-electron chi connectivity index (χ3n) is 2.55. The number of aliphatic hydroxyl groups is 1. The summed E-state index contributed by atoms with van der Waals surface area (Å²) >= 11 is 0. The number of hydrogen-bond donors (Lipinski definition) is 1. The summed E-state index contributed by atoms with van der Waals surface area (Å²) in [4.78, 5) is 0. The largest absolute Gasteiger partial charge is 0.488 e. The first-order valence-electron chi connectivity index (χ1n) is 6.26. The van der Waals surface area contributed by atoms with E-state index in [-0.39, 0.29) is 6.61 Å². The van der Waals surface area contributed by atoms with E-state index in [0.29, 0.717) is 32.1 Å². The van der Waals surface area contributed by atoms with Crippen molar-refractivity contribution >= 4 is 0 Å². The molecule has 0 aliphatic heterocycles. The fraction of sp³-hybridized carbons (Fsp3) is 0.357. The van der Waals surface area contributed by atoms with Gasteiger partial charge in [-0.1, -0.05) is 30.3 Å². The van der Waals surface area contributed by atoms with E-state index in [9.17, 15) is 0 Å². The quantitative estimate of drug-likeness (QED) is 0.732. The minimum Gasteiger partial charge on any atom is -0.488 e. The van der Waals surface area contributed by atoms with E-state index in [1.54, 1.807) is 17.1 Å². The molecule has 0 spiro atoms. The molecule has 0 saturated carbocycles. The standard InChI is InChI=1S/C14H18N2O3/c17-7-6-16-11-14(10-15-16)19-9-8-18-12-13-4-2-1-3-5-13/h1-5,10-11,17H,6-9,12H2. The highest BCUT2D eigenvalue weighted by Crippen LogP contribution is 2.07. The van der Waals surface area contributed by atoms with Gasteiger partial charge in [0.05, 0.1) is 38.8 Å². The van der Waals surface area contributed by atoms with Crippen molar-refractivity contribution in [1.29, 1.82) is 0 Å². The Morgan fingerprint density at radius 1 is 1.16 bits per heavy atom. The smallest absolute Gasteiger partial charge is 0.157 e. The van der Waals surface area contributed by atoms with Crippen LogP contribution in [0.15, 0.2) is 42.7 Å². The third kappa shape index (κ3) is 4.73. The van der Waals surface area contributed by atoms with E-state index >= 15 is 0 Å². The van der Waals surface area contributed by atoms with Crippen molar-refractivity contribution in [3.05, 3.63) is 48.3 Å². The first-order valence-corrected chi connectivity index (χ1v) is 6.26. The van der Waals surface area contributed by atoms with E-state index in [1.807, 2.05) is 30.3 Å². The lowest BCUT2D eigenvalue weighted by atomic mass is 10.2. The van der Waals surface area contributed by atoms with Gasteiger partial charge in [0.15, 0.2) is 5.75 Å². The highest BCUT2D eigenvalue weighted by atomic mass is 16.5. The maximum Gasteiger partial charge on any atom is 0.157 e. The van der Waals surface area contributed by atoms with Gasteiger partial charge in [-0.3, -0.25) is 4.68 Å². The van der Waals surface area contributed by atoms with Gasteiger partial charge >= 0.3 is 0 Å². The molecule has 0 saturated heterocycles. The summed E-state index contributed by atoms with van der Waals surface area (Å²) in [7, 11) is 0. The number of hydrogen-bond acceptors (Lipinski definition) is 4. The number of aliphatic hydroxyl groups excluding tert-OH is 1. The van der Waals surface area contributed by atoms with Crippen LogP contribution < -0.4 is 4.74 Å². The van der Waals surface area contributed by atoms with Crippen molar-refractivity contribution < 1.29 is 14.6 Å². The molecule has 0 aliphatic rings. The SMILES string of the molecule is OCCn1cc(OCCOCc2ccccc2)cn1. The highest BCUT2D eigenvalue weighted by molar-refractivity contribution is 5.13. The number of rotatable bonds is 8. The zero-order valence-electron chi connectivity index (χ0n) is 10.7. The molecule has 1 aromatic carbocycles. The Morgan fingerprint density at radius 2 is 2.00 bits per heavy atom. The zero-order valence-corrected chi connectivity index (χ0v) is 10.7. The van der Waals surface area contributed by atoms with Crippen LogP contribution >= 0.6 is 0 Å². The lowest BCUT2D eigenvalue weighted by Crippen LogP contribution is -2.06. The second kappa shape index (κ2) is 7.56. The van der Waals surface area contributed by atoms with Crippen LogP contribution in [0.3, 0.4) is 0 Å². The third-order valence-corrected chi connectivity index (χ3v) is 2.55. The van der Waals surface area contributed by atoms with E-state index in [1.165, 1.54) is 0 Å². The second-order valence-corrected chi connectivity index (χ2v) is 4.05. The van der Waals surface area contributed by atoms with Crippen LogP contribution in [0, 0.1) is 0 Å². The summed E-state index contributed by atoms with van der Waals surface area (Å²) in [6, 6.07) is 10.0. The number of benzene rings is 1. The Morgan fingerprint density at radius 3 is 2.79 bits per heavy atom. The maximum atomic E-state index is 8.76. The predicted molar refractivity (Wildman–Crippen MR) is 70.9 cm³/mol. The molecule has 19 heavy (non-hydrogen) atoms. The molecule has 5 heteroatoms. The molecule has 2 rings (SSSR count). The van der Waals surface area contributed by atoms with Gasteiger partial charge in [-0.25, -0.2) is 0 Å². The molecule has 0 fully saturated rings. The van der Waals surface area contributed by atoms with E-state index in [4.69, 9.17) is 14.6 Å². The molecule has 0 unspecified atom stereocenters. The van der Waals surface area contributed by atoms with Gasteiger partial charge in [-0.15, -0.1) is 0 Å². The number of nitrogens with zero attached hydrogens (tertiary/aromatic N) is 2. The summed E-state index contributed by atoms with van der Waals surface area (Å²) in [5.74, 6) is 0.691. The van der Waals surface area contributed by atoms with Crippen molar-refractivity contribution in [2.45, 2.75) is 13.2 Å². The van der Waals surface area contributed by atoms with Crippen molar-refractivity contribution in [2.24, 2.45) is 0 Å². The number of aromatic nitrogens is 2. The minimum absolute atomic E-state index is 0.0707. The average molecular weight is 262 g/mol. The molecule has 1 N–H and O–H groups in total. The van der Waals surface area contributed by atoms with E-state index < -0.39 is 0 Å². The summed E-state index contributed by atoms with van der Waals surface area (Å²) in [5.41, 5.74) is 1.15. The van der Waals surface area contributed by atoms with Crippen molar-refractivity contribution in [2.75, 3.05) is 19.8 Å². The van der Waals surface area contributed by atoms with Gasteiger partial charge < -0.3 is 14.6 Å². The fourth-order valence-electron chi connectivity index (χ4n) is 1.63. The molecule has 0 atom stereocenters. The lowest BCUT2D eigenvalue weighted by Gasteiger charge is -2.05. The van der Waals surface area contributed by atoms with Crippen LogP contribution in [-0.2, 0) is 17.9 Å². The minimum atomic E-state index is 0.0707. The first-order chi connectivity index (χ1) is 9.38. The Bertz CT molecular complexity index is 471. The van der Waals surface area contributed by atoms with Crippen LogP contribution in [0.4, 0.5) is 0 Å². The first kappa shape index (κ1) is 13.6. The summed E-state index contributed by atoms with van der Waals surface area (Å²) in [5, 5.41) is 12.8. The normalized spacial score (nSPS) is 10.6. The molecule has 0 bridgehead atoms. The van der Waals surface area contributed by atoms with Gasteiger partial charge in [0, 0.05) is 0 Å². The van der Waals surface area contributed by atoms with Gasteiger partial charge in [0.25, 0.3) is 0 Å². The molecule has 1 heterocycles. The van der Waals surface area contributed by atoms with Gasteiger partial charge in [-0.05, 0) is 5.56 Å². The second-order valence-electron chi connectivity index (χ2n) is 4.05. The predicted octanol–water partition coefficient (Wildman–Crippen LogP) is 1.47. The molecule has 0 aliphatic carbocycles. The van der Waals surface area contributed by atoms with Gasteiger partial charge in [-0.2, -0.15) is 5.10 Å². The summed E-state index contributed by atoms with van der Waals surface area (Å²) in [6.07, 6.45) is 3.39. The molecular formula is C14H18N2O3. The molecule has 1 aromatic heterocycles. The van der Waals surface area contributed by atoms with Crippen molar-refractivity contribution in [3.63, 3.8) is 0 Å². The Hall–Kier alpha value is -1.85.